The summed E-state index contributed by atoms with van der Waals surface area (Å²) in [6.45, 7) is 2.34. The Morgan fingerprint density at radius 3 is 2.62 bits per heavy atom. The zero-order valence-corrected chi connectivity index (χ0v) is 17.0. The van der Waals surface area contributed by atoms with Gasteiger partial charge in [-0.3, -0.25) is 9.52 Å². The van der Waals surface area contributed by atoms with Gasteiger partial charge in [0.1, 0.15) is 5.75 Å². The smallest absolute Gasteiger partial charge is 0.340 e. The summed E-state index contributed by atoms with van der Waals surface area (Å²) in [4.78, 5) is 25.7. The Labute approximate surface area is 169 Å². The molecule has 9 heteroatoms. The Morgan fingerprint density at radius 2 is 1.97 bits per heavy atom. The Hall–Kier alpha value is -3.07. The first-order valence-corrected chi connectivity index (χ1v) is 10.6. The Bertz CT molecular complexity index is 1040. The van der Waals surface area contributed by atoms with Crippen LogP contribution in [0.1, 0.15) is 30.1 Å². The summed E-state index contributed by atoms with van der Waals surface area (Å²) in [6, 6.07) is 10.5. The molecule has 1 aliphatic heterocycles. The summed E-state index contributed by atoms with van der Waals surface area (Å²) < 4.78 is 38.7. The molecule has 0 radical (unpaired) electrons. The number of nitrogens with one attached hydrogen (secondary N) is 1. The number of ether oxygens (including phenoxy) is 2. The molecule has 0 aliphatic carbocycles. The van der Waals surface area contributed by atoms with Gasteiger partial charge in [-0.05, 0) is 43.7 Å². The quantitative estimate of drug-likeness (QED) is 0.694. The molecule has 0 saturated carbocycles. The number of benzene rings is 2. The number of para-hydroxylation sites is 1. The van der Waals surface area contributed by atoms with Gasteiger partial charge in [-0.15, -0.1) is 0 Å². The molecular formula is C20H22N2O6S. The van der Waals surface area contributed by atoms with Gasteiger partial charge in [0.25, 0.3) is 10.0 Å². The average Bonchev–Trinajstić information content (AvgIpc) is 3.13. The molecule has 2 aromatic rings. The first-order chi connectivity index (χ1) is 13.9. The summed E-state index contributed by atoms with van der Waals surface area (Å²) in [7, 11) is -2.57. The van der Waals surface area contributed by atoms with Crippen LogP contribution >= 0.6 is 0 Å². The molecule has 1 fully saturated rings. The minimum atomic E-state index is -4.03. The van der Waals surface area contributed by atoms with Crippen molar-refractivity contribution in [1.82, 2.24) is 0 Å². The predicted molar refractivity (Wildman–Crippen MR) is 108 cm³/mol. The number of hydrogen-bond acceptors (Lipinski definition) is 6. The second-order valence-corrected chi connectivity index (χ2v) is 8.04. The third-order valence-corrected chi connectivity index (χ3v) is 5.85. The van der Waals surface area contributed by atoms with Gasteiger partial charge < -0.3 is 14.4 Å². The van der Waals surface area contributed by atoms with Crippen molar-refractivity contribution in [1.29, 1.82) is 0 Å². The van der Waals surface area contributed by atoms with Crippen molar-refractivity contribution in [2.24, 2.45) is 0 Å². The second-order valence-electron chi connectivity index (χ2n) is 6.35. The number of methoxy groups -OCH3 is 1. The van der Waals surface area contributed by atoms with Crippen molar-refractivity contribution in [3.05, 3.63) is 48.0 Å². The van der Waals surface area contributed by atoms with Crippen molar-refractivity contribution in [3.8, 4) is 5.75 Å². The fraction of sp³-hybridized carbons (Fsp3) is 0.300. The molecule has 0 spiro atoms. The van der Waals surface area contributed by atoms with Crippen LogP contribution in [0.3, 0.4) is 0 Å². The predicted octanol–water partition coefficient (Wildman–Crippen LogP) is 2.80. The first-order valence-electron chi connectivity index (χ1n) is 9.14. The Kier molecular flexibility index (Phi) is 6.07. The molecule has 8 nitrogen and oxygen atoms in total. The number of esters is 1. The van der Waals surface area contributed by atoms with E-state index in [1.54, 1.807) is 19.1 Å². The molecule has 1 N–H and O–H groups in total. The van der Waals surface area contributed by atoms with Gasteiger partial charge in [-0.2, -0.15) is 0 Å². The minimum absolute atomic E-state index is 0.0494. The zero-order valence-electron chi connectivity index (χ0n) is 16.2. The van der Waals surface area contributed by atoms with E-state index in [1.165, 1.54) is 42.3 Å². The Balaban J connectivity index is 1.97. The average molecular weight is 418 g/mol. The lowest BCUT2D eigenvalue weighted by atomic mass is 10.2. The zero-order chi connectivity index (χ0) is 21.0. The van der Waals surface area contributed by atoms with Crippen molar-refractivity contribution in [2.45, 2.75) is 24.7 Å². The lowest BCUT2D eigenvalue weighted by Crippen LogP contribution is -2.25. The highest BCUT2D eigenvalue weighted by Crippen LogP contribution is 2.34. The van der Waals surface area contributed by atoms with Gasteiger partial charge in [0.15, 0.2) is 0 Å². The van der Waals surface area contributed by atoms with Crippen LogP contribution in [0.25, 0.3) is 0 Å². The summed E-state index contributed by atoms with van der Waals surface area (Å²) in [5.41, 5.74) is 0.624. The highest BCUT2D eigenvalue weighted by atomic mass is 32.2. The minimum Gasteiger partial charge on any atom is -0.495 e. The van der Waals surface area contributed by atoms with E-state index in [0.717, 1.165) is 0 Å². The van der Waals surface area contributed by atoms with Crippen molar-refractivity contribution < 1.29 is 27.5 Å². The molecule has 3 rings (SSSR count). The van der Waals surface area contributed by atoms with E-state index in [0.29, 0.717) is 30.8 Å². The second kappa shape index (κ2) is 8.52. The number of amides is 1. The molecule has 1 amide bonds. The van der Waals surface area contributed by atoms with Gasteiger partial charge in [0, 0.05) is 13.0 Å². The lowest BCUT2D eigenvalue weighted by Gasteiger charge is -2.20. The number of carbonyl (C=O) groups excluding carboxylic acids is 2. The number of sulfonamides is 1. The number of hydrogen-bond donors (Lipinski definition) is 1. The number of carbonyl (C=O) groups is 2. The topological polar surface area (TPSA) is 102 Å². The fourth-order valence-corrected chi connectivity index (χ4v) is 4.21. The van der Waals surface area contributed by atoms with E-state index < -0.39 is 16.0 Å². The summed E-state index contributed by atoms with van der Waals surface area (Å²) in [5, 5.41) is 0. The largest absolute Gasteiger partial charge is 0.495 e. The molecule has 1 saturated heterocycles. The van der Waals surface area contributed by atoms with Crippen LogP contribution in [0.2, 0.25) is 0 Å². The van der Waals surface area contributed by atoms with Gasteiger partial charge in [0.2, 0.25) is 5.91 Å². The van der Waals surface area contributed by atoms with Crippen molar-refractivity contribution in [3.63, 3.8) is 0 Å². The molecule has 2 aromatic carbocycles. The van der Waals surface area contributed by atoms with Crippen LogP contribution in [-0.2, 0) is 19.6 Å². The molecule has 29 heavy (non-hydrogen) atoms. The van der Waals surface area contributed by atoms with Crippen LogP contribution in [0, 0.1) is 0 Å². The van der Waals surface area contributed by atoms with E-state index in [9.17, 15) is 18.0 Å². The van der Waals surface area contributed by atoms with Gasteiger partial charge >= 0.3 is 5.97 Å². The number of nitrogens with zero attached hydrogens (tertiary/aromatic N) is 1. The molecular weight excluding hydrogens is 396 g/mol. The van der Waals surface area contributed by atoms with E-state index in [2.05, 4.69) is 4.72 Å². The summed E-state index contributed by atoms with van der Waals surface area (Å²) in [5.74, 6) is -0.298. The lowest BCUT2D eigenvalue weighted by molar-refractivity contribution is -0.117. The molecule has 0 atom stereocenters. The molecule has 1 aliphatic rings. The maximum absolute atomic E-state index is 13.0. The highest BCUT2D eigenvalue weighted by molar-refractivity contribution is 7.92. The van der Waals surface area contributed by atoms with E-state index in [1.807, 2.05) is 0 Å². The van der Waals surface area contributed by atoms with E-state index in [-0.39, 0.29) is 28.7 Å². The van der Waals surface area contributed by atoms with Gasteiger partial charge in [0.05, 0.1) is 35.6 Å². The van der Waals surface area contributed by atoms with Crippen molar-refractivity contribution >= 4 is 33.3 Å². The maximum Gasteiger partial charge on any atom is 0.340 e. The first kappa shape index (κ1) is 20.7. The molecule has 0 bridgehead atoms. The van der Waals surface area contributed by atoms with Crippen LogP contribution in [0.15, 0.2) is 47.4 Å². The normalized spacial score (nSPS) is 14.0. The molecule has 0 aromatic heterocycles. The number of anilines is 2. The van der Waals surface area contributed by atoms with Crippen molar-refractivity contribution in [2.75, 3.05) is 29.9 Å². The monoisotopic (exact) mass is 418 g/mol. The van der Waals surface area contributed by atoms with Crippen LogP contribution in [-0.4, -0.2) is 40.6 Å². The third kappa shape index (κ3) is 4.34. The molecule has 154 valence electrons. The SMILES string of the molecule is CCOC(=O)c1ccccc1NS(=O)(=O)c1ccc(OC)c(N2CCCC2=O)c1. The standard InChI is InChI=1S/C20H22N2O6S/c1-3-28-20(24)15-7-4-5-8-16(15)21-29(25,26)14-10-11-18(27-2)17(13-14)22-12-6-9-19(22)23/h4-5,7-8,10-11,13,21H,3,6,9,12H2,1-2H3. The summed E-state index contributed by atoms with van der Waals surface area (Å²) >= 11 is 0. The molecule has 0 unspecified atom stereocenters. The maximum atomic E-state index is 13.0. The van der Waals surface area contributed by atoms with Gasteiger partial charge in [-0.25, -0.2) is 13.2 Å². The van der Waals surface area contributed by atoms with Gasteiger partial charge in [-0.1, -0.05) is 12.1 Å². The number of rotatable bonds is 7. The van der Waals surface area contributed by atoms with Crippen LogP contribution in [0.4, 0.5) is 11.4 Å². The van der Waals surface area contributed by atoms with E-state index >= 15 is 0 Å². The van der Waals surface area contributed by atoms with Crippen LogP contribution in [0.5, 0.6) is 5.75 Å². The highest BCUT2D eigenvalue weighted by Gasteiger charge is 2.27. The van der Waals surface area contributed by atoms with E-state index in [4.69, 9.17) is 9.47 Å². The third-order valence-electron chi connectivity index (χ3n) is 4.49. The van der Waals surface area contributed by atoms with Crippen LogP contribution < -0.4 is 14.4 Å². The molecule has 1 heterocycles. The fourth-order valence-electron chi connectivity index (χ4n) is 3.11. The Morgan fingerprint density at radius 1 is 1.21 bits per heavy atom. The summed E-state index contributed by atoms with van der Waals surface area (Å²) in [6.07, 6.45) is 1.11.